The lowest BCUT2D eigenvalue weighted by Crippen LogP contribution is -2.46. The minimum Gasteiger partial charge on any atom is -0.385 e. The Morgan fingerprint density at radius 3 is 2.75 bits per heavy atom. The highest BCUT2D eigenvalue weighted by atomic mass is 35.5. The van der Waals surface area contributed by atoms with E-state index in [-0.39, 0.29) is 5.82 Å². The van der Waals surface area contributed by atoms with Gasteiger partial charge >= 0.3 is 0 Å². The Balaban J connectivity index is 1.77. The third-order valence-corrected chi connectivity index (χ3v) is 5.86. The van der Waals surface area contributed by atoms with Gasteiger partial charge in [0.2, 0.25) is 5.82 Å². The van der Waals surface area contributed by atoms with Gasteiger partial charge in [0.15, 0.2) is 5.11 Å². The fourth-order valence-electron chi connectivity index (χ4n) is 3.68. The minimum absolute atomic E-state index is 0.331. The van der Waals surface area contributed by atoms with E-state index in [0.29, 0.717) is 40.6 Å². The predicted octanol–water partition coefficient (Wildman–Crippen LogP) is 5.23. The van der Waals surface area contributed by atoms with Crippen molar-refractivity contribution in [1.29, 1.82) is 0 Å². The molecular weight excluding hydrogens is 451 g/mol. The van der Waals surface area contributed by atoms with E-state index in [4.69, 9.17) is 33.1 Å². The summed E-state index contributed by atoms with van der Waals surface area (Å²) in [5.41, 5.74) is 3.10. The van der Waals surface area contributed by atoms with E-state index >= 15 is 0 Å². The van der Waals surface area contributed by atoms with Gasteiger partial charge in [-0.05, 0) is 67.5 Å². The number of thiocarbonyl (C=S) groups is 1. The maximum absolute atomic E-state index is 14.0. The van der Waals surface area contributed by atoms with E-state index in [1.54, 1.807) is 25.3 Å². The fraction of sp³-hybridized carbons (Fsp3) is 0.261. The number of methoxy groups -OCH3 is 1. The molecule has 9 heteroatoms. The van der Waals surface area contributed by atoms with Crippen LogP contribution in [-0.2, 0) is 4.74 Å². The third kappa shape index (κ3) is 4.67. The average molecular weight is 473 g/mol. The van der Waals surface area contributed by atoms with Crippen molar-refractivity contribution in [2.45, 2.75) is 19.4 Å². The first kappa shape index (κ1) is 22.4. The summed E-state index contributed by atoms with van der Waals surface area (Å²) in [4.78, 5) is 6.61. The van der Waals surface area contributed by atoms with Crippen LogP contribution in [0, 0.1) is 5.82 Å². The summed E-state index contributed by atoms with van der Waals surface area (Å²) >= 11 is 11.6. The highest BCUT2D eigenvalue weighted by molar-refractivity contribution is 7.80. The van der Waals surface area contributed by atoms with E-state index < -0.39 is 6.04 Å². The number of benzene rings is 2. The zero-order chi connectivity index (χ0) is 22.7. The predicted molar refractivity (Wildman–Crippen MR) is 125 cm³/mol. The molecule has 0 bridgehead atoms. The fourth-order valence-corrected chi connectivity index (χ4v) is 4.15. The smallest absolute Gasteiger partial charge is 0.258 e. The molecule has 0 saturated heterocycles. The van der Waals surface area contributed by atoms with Gasteiger partial charge in [0.25, 0.3) is 5.89 Å². The molecular formula is C23H22ClFN4O2S. The first-order valence-electron chi connectivity index (χ1n) is 10.1. The van der Waals surface area contributed by atoms with Crippen LogP contribution in [0.15, 0.2) is 58.8 Å². The molecule has 4 rings (SSSR count). The second kappa shape index (κ2) is 9.77. The number of hydrogen-bond acceptors (Lipinski definition) is 5. The van der Waals surface area contributed by atoms with Crippen LogP contribution in [0.25, 0.3) is 17.0 Å². The normalized spacial score (nSPS) is 16.4. The molecule has 0 aliphatic carbocycles. The van der Waals surface area contributed by atoms with Crippen LogP contribution in [0.1, 0.15) is 30.8 Å². The van der Waals surface area contributed by atoms with Gasteiger partial charge in [-0.1, -0.05) is 28.9 Å². The Morgan fingerprint density at radius 2 is 2.03 bits per heavy atom. The summed E-state index contributed by atoms with van der Waals surface area (Å²) in [5.74, 6) is 0.449. The van der Waals surface area contributed by atoms with Crippen molar-refractivity contribution in [3.05, 3.63) is 76.5 Å². The van der Waals surface area contributed by atoms with Crippen LogP contribution in [0.3, 0.4) is 0 Å². The zero-order valence-electron chi connectivity index (χ0n) is 17.6. The second-order valence-corrected chi connectivity index (χ2v) is 8.19. The van der Waals surface area contributed by atoms with Crippen molar-refractivity contribution in [3.8, 4) is 11.4 Å². The molecule has 0 radical (unpaired) electrons. The van der Waals surface area contributed by atoms with Gasteiger partial charge in [-0.15, -0.1) is 0 Å². The van der Waals surface area contributed by atoms with E-state index in [9.17, 15) is 4.39 Å². The number of nitrogens with one attached hydrogen (secondary N) is 1. The number of halogens is 2. The van der Waals surface area contributed by atoms with Gasteiger partial charge in [0.1, 0.15) is 5.82 Å². The van der Waals surface area contributed by atoms with Crippen molar-refractivity contribution in [1.82, 2.24) is 20.4 Å². The molecule has 166 valence electrons. The highest BCUT2D eigenvalue weighted by Crippen LogP contribution is 2.37. The lowest BCUT2D eigenvalue weighted by Gasteiger charge is -2.37. The van der Waals surface area contributed by atoms with Crippen molar-refractivity contribution >= 4 is 34.5 Å². The number of allylic oxidation sites excluding steroid dienone is 1. The Morgan fingerprint density at radius 1 is 1.25 bits per heavy atom. The van der Waals surface area contributed by atoms with Crippen molar-refractivity contribution in [2.75, 3.05) is 20.3 Å². The Hall–Kier alpha value is -2.81. The van der Waals surface area contributed by atoms with Crippen molar-refractivity contribution < 1.29 is 13.7 Å². The maximum Gasteiger partial charge on any atom is 0.258 e. The number of hydrogen-bond donors (Lipinski definition) is 1. The quantitative estimate of drug-likeness (QED) is 0.373. The molecule has 2 aromatic carbocycles. The molecule has 6 nitrogen and oxygen atoms in total. The van der Waals surface area contributed by atoms with Gasteiger partial charge in [-0.2, -0.15) is 4.98 Å². The minimum atomic E-state index is -0.435. The van der Waals surface area contributed by atoms with E-state index in [1.165, 1.54) is 12.1 Å². The molecule has 3 aromatic rings. The summed E-state index contributed by atoms with van der Waals surface area (Å²) in [5, 5.41) is 8.65. The number of ether oxygens (including phenoxy) is 1. The molecule has 32 heavy (non-hydrogen) atoms. The van der Waals surface area contributed by atoms with Crippen LogP contribution in [0.5, 0.6) is 0 Å². The summed E-state index contributed by atoms with van der Waals surface area (Å²) in [6.07, 6.45) is 0.785. The largest absolute Gasteiger partial charge is 0.385 e. The molecule has 1 atom stereocenters. The molecule has 1 N–H and O–H groups in total. The van der Waals surface area contributed by atoms with Gasteiger partial charge in [0, 0.05) is 36.5 Å². The molecule has 1 aliphatic rings. The van der Waals surface area contributed by atoms with Crippen molar-refractivity contribution in [3.63, 3.8) is 0 Å². The standard InChI is InChI=1S/C23H22ClFN4O2S/c1-14-19(22-27-21(28-31-22)15-7-9-17(24)10-8-15)20(16-5-3-6-18(25)13-16)26-23(32)29(14)11-4-12-30-2/h3,5-10,13,20H,4,11-12H2,1-2H3,(H,26,32). The van der Waals surface area contributed by atoms with Gasteiger partial charge in [0.05, 0.1) is 11.6 Å². The first-order valence-corrected chi connectivity index (χ1v) is 10.9. The Bertz CT molecular complexity index is 1150. The molecule has 0 saturated carbocycles. The summed E-state index contributed by atoms with van der Waals surface area (Å²) in [7, 11) is 1.66. The van der Waals surface area contributed by atoms with Gasteiger partial charge in [-0.3, -0.25) is 0 Å². The third-order valence-electron chi connectivity index (χ3n) is 5.27. The van der Waals surface area contributed by atoms with Crippen LogP contribution in [0.4, 0.5) is 4.39 Å². The van der Waals surface area contributed by atoms with Gasteiger partial charge < -0.3 is 19.5 Å². The van der Waals surface area contributed by atoms with Crippen LogP contribution >= 0.6 is 23.8 Å². The lowest BCUT2D eigenvalue weighted by atomic mass is 9.94. The molecule has 2 heterocycles. The van der Waals surface area contributed by atoms with Crippen LogP contribution in [-0.4, -0.2) is 40.4 Å². The summed E-state index contributed by atoms with van der Waals surface area (Å²) in [6.45, 7) is 3.22. The van der Waals surface area contributed by atoms with E-state index in [2.05, 4.69) is 15.5 Å². The highest BCUT2D eigenvalue weighted by Gasteiger charge is 2.34. The van der Waals surface area contributed by atoms with Crippen LogP contribution in [0.2, 0.25) is 5.02 Å². The van der Waals surface area contributed by atoms with E-state index in [0.717, 1.165) is 23.3 Å². The van der Waals surface area contributed by atoms with Crippen LogP contribution < -0.4 is 5.32 Å². The topological polar surface area (TPSA) is 63.4 Å². The Labute approximate surface area is 196 Å². The lowest BCUT2D eigenvalue weighted by molar-refractivity contribution is 0.188. The molecule has 0 spiro atoms. The SMILES string of the molecule is COCCCN1C(=S)NC(c2cccc(F)c2)C(c2nc(-c3ccc(Cl)cc3)no2)=C1C. The number of rotatable bonds is 7. The average Bonchev–Trinajstić information content (AvgIpc) is 3.26. The molecule has 0 amide bonds. The number of nitrogens with zero attached hydrogens (tertiary/aromatic N) is 3. The Kier molecular flexibility index (Phi) is 6.83. The molecule has 0 fully saturated rings. The molecule has 1 aliphatic heterocycles. The molecule has 1 aromatic heterocycles. The first-order chi connectivity index (χ1) is 15.5. The zero-order valence-corrected chi connectivity index (χ0v) is 19.2. The second-order valence-electron chi connectivity index (χ2n) is 7.36. The van der Waals surface area contributed by atoms with Gasteiger partial charge in [-0.25, -0.2) is 4.39 Å². The monoisotopic (exact) mass is 472 g/mol. The van der Waals surface area contributed by atoms with Crippen molar-refractivity contribution in [2.24, 2.45) is 0 Å². The summed E-state index contributed by atoms with van der Waals surface area (Å²) < 4.78 is 24.9. The van der Waals surface area contributed by atoms with E-state index in [1.807, 2.05) is 30.0 Å². The maximum atomic E-state index is 14.0. The molecule has 1 unspecified atom stereocenters. The summed E-state index contributed by atoms with van der Waals surface area (Å²) in [6, 6.07) is 13.1. The number of aromatic nitrogens is 2.